The average Bonchev–Trinajstić information content (AvgIpc) is 2.22. The van der Waals surface area contributed by atoms with Crippen molar-refractivity contribution in [3.05, 3.63) is 29.3 Å². The molecule has 1 aromatic carbocycles. The van der Waals surface area contributed by atoms with Crippen molar-refractivity contribution in [3.8, 4) is 5.75 Å². The number of carbonyl (C=O) groups excluding carboxylic acids is 1. The summed E-state index contributed by atoms with van der Waals surface area (Å²) in [4.78, 5) is 11.3. The van der Waals surface area contributed by atoms with Gasteiger partial charge < -0.3 is 15.8 Å². The van der Waals surface area contributed by atoms with Crippen molar-refractivity contribution in [2.24, 2.45) is 5.73 Å². The molecule has 0 heterocycles. The molecule has 1 aromatic rings. The Balaban J connectivity index is 2.27. The molecule has 4 nitrogen and oxygen atoms in total. The van der Waals surface area contributed by atoms with Gasteiger partial charge in [0.2, 0.25) is 5.91 Å². The Morgan fingerprint density at radius 1 is 1.33 bits per heavy atom. The van der Waals surface area contributed by atoms with Crippen molar-refractivity contribution in [1.29, 1.82) is 0 Å². The normalized spacial score (nSPS) is 12.0. The molecule has 1 amide bonds. The van der Waals surface area contributed by atoms with Gasteiger partial charge in [0.05, 0.1) is 6.54 Å². The van der Waals surface area contributed by atoms with Crippen LogP contribution >= 0.6 is 0 Å². The number of carbonyl (C=O) groups is 1. The van der Waals surface area contributed by atoms with Crippen molar-refractivity contribution >= 4 is 5.91 Å². The van der Waals surface area contributed by atoms with Crippen LogP contribution in [0.5, 0.6) is 5.75 Å². The lowest BCUT2D eigenvalue weighted by molar-refractivity contribution is -0.121. The summed E-state index contributed by atoms with van der Waals surface area (Å²) in [7, 11) is 0. The molecule has 0 aromatic heterocycles. The summed E-state index contributed by atoms with van der Waals surface area (Å²) in [5.41, 5.74) is 7.87. The Kier molecular flexibility index (Phi) is 5.65. The van der Waals surface area contributed by atoms with Crippen molar-refractivity contribution in [2.45, 2.75) is 33.2 Å². The van der Waals surface area contributed by atoms with E-state index < -0.39 is 0 Å². The van der Waals surface area contributed by atoms with E-state index in [0.29, 0.717) is 19.6 Å². The molecule has 0 aliphatic heterocycles. The topological polar surface area (TPSA) is 64.3 Å². The maximum Gasteiger partial charge on any atom is 0.221 e. The second-order valence-corrected chi connectivity index (χ2v) is 4.70. The highest BCUT2D eigenvalue weighted by molar-refractivity contribution is 5.76. The van der Waals surface area contributed by atoms with Gasteiger partial charge in [-0.25, -0.2) is 0 Å². The summed E-state index contributed by atoms with van der Waals surface area (Å²) in [6, 6.07) is 5.95. The quantitative estimate of drug-likeness (QED) is 0.753. The molecule has 0 saturated heterocycles. The fourth-order valence-corrected chi connectivity index (χ4v) is 1.74. The Labute approximate surface area is 109 Å². The number of aryl methyl sites for hydroxylation is 2. The van der Waals surface area contributed by atoms with E-state index >= 15 is 0 Å². The first kappa shape index (κ1) is 14.5. The molecule has 0 saturated carbocycles. The van der Waals surface area contributed by atoms with Crippen molar-refractivity contribution < 1.29 is 9.53 Å². The number of benzene rings is 1. The van der Waals surface area contributed by atoms with Gasteiger partial charge in [-0.15, -0.1) is 0 Å². The van der Waals surface area contributed by atoms with E-state index in [2.05, 4.69) is 11.4 Å². The number of hydrogen-bond acceptors (Lipinski definition) is 3. The molecular weight excluding hydrogens is 228 g/mol. The summed E-state index contributed by atoms with van der Waals surface area (Å²) in [5.74, 6) is 0.808. The first-order valence-corrected chi connectivity index (χ1v) is 6.21. The highest BCUT2D eigenvalue weighted by atomic mass is 16.5. The molecule has 3 N–H and O–H groups in total. The Bertz CT molecular complexity index is 383. The maximum atomic E-state index is 11.3. The molecular formula is C14H22N2O2. The van der Waals surface area contributed by atoms with E-state index in [-0.39, 0.29) is 11.9 Å². The highest BCUT2D eigenvalue weighted by Gasteiger charge is 2.04. The van der Waals surface area contributed by atoms with Gasteiger partial charge in [-0.3, -0.25) is 4.79 Å². The number of nitrogens with two attached hydrogens (primary N) is 1. The molecule has 0 bridgehead atoms. The van der Waals surface area contributed by atoms with Crippen LogP contribution < -0.4 is 15.8 Å². The summed E-state index contributed by atoms with van der Waals surface area (Å²) in [6.45, 7) is 6.84. The minimum absolute atomic E-state index is 0.0333. The molecule has 0 spiro atoms. The van der Waals surface area contributed by atoms with Crippen LogP contribution in [0.4, 0.5) is 0 Å². The molecule has 0 radical (unpaired) electrons. The fraction of sp³-hybridized carbons (Fsp3) is 0.500. The number of rotatable bonds is 6. The van der Waals surface area contributed by atoms with Crippen LogP contribution in [0.25, 0.3) is 0 Å². The zero-order valence-corrected chi connectivity index (χ0v) is 11.3. The van der Waals surface area contributed by atoms with Crippen LogP contribution in [0.15, 0.2) is 18.2 Å². The van der Waals surface area contributed by atoms with Gasteiger partial charge in [0.25, 0.3) is 0 Å². The third kappa shape index (κ3) is 5.68. The fourth-order valence-electron chi connectivity index (χ4n) is 1.74. The Hall–Kier alpha value is -1.55. The van der Waals surface area contributed by atoms with Crippen molar-refractivity contribution in [1.82, 2.24) is 5.32 Å². The highest BCUT2D eigenvalue weighted by Crippen LogP contribution is 2.15. The number of nitrogens with one attached hydrogen (secondary N) is 1. The summed E-state index contributed by atoms with van der Waals surface area (Å²) < 4.78 is 5.58. The monoisotopic (exact) mass is 250 g/mol. The number of ether oxygens (including phenoxy) is 1. The molecule has 100 valence electrons. The van der Waals surface area contributed by atoms with Crippen LogP contribution in [0.2, 0.25) is 0 Å². The van der Waals surface area contributed by atoms with Crippen LogP contribution in [0, 0.1) is 13.8 Å². The number of hydrogen-bond donors (Lipinski definition) is 2. The molecule has 18 heavy (non-hydrogen) atoms. The van der Waals surface area contributed by atoms with Crippen LogP contribution in [-0.2, 0) is 4.79 Å². The smallest absolute Gasteiger partial charge is 0.221 e. The predicted molar refractivity (Wildman–Crippen MR) is 72.7 cm³/mol. The summed E-state index contributed by atoms with van der Waals surface area (Å²) in [5, 5.41) is 2.77. The summed E-state index contributed by atoms with van der Waals surface area (Å²) in [6.07, 6.45) is 0.351. The SMILES string of the molecule is Cc1cc(C)cc(OCCNC(=O)CC(C)N)c1. The van der Waals surface area contributed by atoms with Gasteiger partial charge in [0, 0.05) is 12.5 Å². The number of amides is 1. The van der Waals surface area contributed by atoms with E-state index in [1.54, 1.807) is 0 Å². The molecule has 1 atom stereocenters. The largest absolute Gasteiger partial charge is 0.492 e. The van der Waals surface area contributed by atoms with E-state index in [1.165, 1.54) is 11.1 Å². The van der Waals surface area contributed by atoms with E-state index in [1.807, 2.05) is 32.9 Å². The molecule has 0 fully saturated rings. The third-order valence-corrected chi connectivity index (χ3v) is 2.40. The minimum Gasteiger partial charge on any atom is -0.492 e. The maximum absolute atomic E-state index is 11.3. The molecule has 0 aliphatic rings. The second kappa shape index (κ2) is 7.01. The van der Waals surface area contributed by atoms with Crippen LogP contribution in [0.1, 0.15) is 24.5 Å². The van der Waals surface area contributed by atoms with E-state index in [9.17, 15) is 4.79 Å². The van der Waals surface area contributed by atoms with Crippen LogP contribution in [0.3, 0.4) is 0 Å². The van der Waals surface area contributed by atoms with Crippen LogP contribution in [-0.4, -0.2) is 25.1 Å². The zero-order chi connectivity index (χ0) is 13.5. The zero-order valence-electron chi connectivity index (χ0n) is 11.3. The lowest BCUT2D eigenvalue weighted by Gasteiger charge is -2.10. The lowest BCUT2D eigenvalue weighted by Crippen LogP contribution is -2.32. The van der Waals surface area contributed by atoms with Gasteiger partial charge >= 0.3 is 0 Å². The second-order valence-electron chi connectivity index (χ2n) is 4.70. The Morgan fingerprint density at radius 2 is 1.94 bits per heavy atom. The van der Waals surface area contributed by atoms with Gasteiger partial charge in [-0.2, -0.15) is 0 Å². The Morgan fingerprint density at radius 3 is 2.50 bits per heavy atom. The molecule has 1 unspecified atom stereocenters. The first-order chi connectivity index (χ1) is 8.47. The first-order valence-electron chi connectivity index (χ1n) is 6.21. The minimum atomic E-state index is -0.106. The van der Waals surface area contributed by atoms with E-state index in [4.69, 9.17) is 10.5 Å². The van der Waals surface area contributed by atoms with Gasteiger partial charge in [0.15, 0.2) is 0 Å². The standard InChI is InChI=1S/C14H22N2O2/c1-10-6-11(2)8-13(7-10)18-5-4-16-14(17)9-12(3)15/h6-8,12H,4-5,9,15H2,1-3H3,(H,16,17). The van der Waals surface area contributed by atoms with Gasteiger partial charge in [-0.1, -0.05) is 6.07 Å². The molecule has 0 aliphatic carbocycles. The molecule has 4 heteroatoms. The van der Waals surface area contributed by atoms with Crippen molar-refractivity contribution in [2.75, 3.05) is 13.2 Å². The van der Waals surface area contributed by atoms with E-state index in [0.717, 1.165) is 5.75 Å². The average molecular weight is 250 g/mol. The van der Waals surface area contributed by atoms with Gasteiger partial charge in [-0.05, 0) is 44.0 Å². The van der Waals surface area contributed by atoms with Crippen molar-refractivity contribution in [3.63, 3.8) is 0 Å². The van der Waals surface area contributed by atoms with Gasteiger partial charge in [0.1, 0.15) is 12.4 Å². The molecule has 1 rings (SSSR count). The predicted octanol–water partition coefficient (Wildman–Crippen LogP) is 1.54. The summed E-state index contributed by atoms with van der Waals surface area (Å²) >= 11 is 0. The lowest BCUT2D eigenvalue weighted by atomic mass is 10.1. The third-order valence-electron chi connectivity index (χ3n) is 2.40.